The number of hydrazone groups is 1. The van der Waals surface area contributed by atoms with E-state index in [9.17, 15) is 0 Å². The van der Waals surface area contributed by atoms with Gasteiger partial charge in [-0.15, -0.1) is 0 Å². The first-order valence-corrected chi connectivity index (χ1v) is 8.72. The number of nitrogens with zero attached hydrogens (tertiary/aromatic N) is 2. The summed E-state index contributed by atoms with van der Waals surface area (Å²) in [5, 5.41) is 7.56. The molecule has 0 aliphatic carbocycles. The van der Waals surface area contributed by atoms with Crippen LogP contribution in [0.5, 0.6) is 0 Å². The highest BCUT2D eigenvalue weighted by Crippen LogP contribution is 2.24. The molecule has 0 saturated carbocycles. The minimum absolute atomic E-state index is 0.430. The highest BCUT2D eigenvalue weighted by Gasteiger charge is 2.03. The zero-order valence-corrected chi connectivity index (χ0v) is 15.5. The number of hydrogen-bond donors (Lipinski definition) is 2. The normalized spacial score (nSPS) is 10.8. The minimum Gasteiger partial charge on any atom is -0.455 e. The average molecular weight is 415 g/mol. The summed E-state index contributed by atoms with van der Waals surface area (Å²) in [4.78, 5) is 4.05. The van der Waals surface area contributed by atoms with Crippen LogP contribution in [0.4, 0.5) is 0 Å². The Bertz CT molecular complexity index is 880. The van der Waals surface area contributed by atoms with Crippen LogP contribution < -0.4 is 10.7 Å². The molecule has 5 nitrogen and oxygen atoms in total. The van der Waals surface area contributed by atoms with Gasteiger partial charge in [0.2, 0.25) is 0 Å². The molecule has 0 atom stereocenters. The number of thiocarbonyl (C=S) groups is 1. The van der Waals surface area contributed by atoms with Gasteiger partial charge in [0.25, 0.3) is 0 Å². The van der Waals surface area contributed by atoms with Gasteiger partial charge in [0, 0.05) is 29.0 Å². The molecule has 0 radical (unpaired) electrons. The monoisotopic (exact) mass is 414 g/mol. The van der Waals surface area contributed by atoms with E-state index in [0.29, 0.717) is 17.4 Å². The van der Waals surface area contributed by atoms with E-state index < -0.39 is 0 Å². The van der Waals surface area contributed by atoms with Crippen molar-refractivity contribution < 1.29 is 4.42 Å². The average Bonchev–Trinajstić information content (AvgIpc) is 3.10. The zero-order chi connectivity index (χ0) is 17.5. The Hall–Kier alpha value is -2.51. The molecule has 0 fully saturated rings. The number of benzene rings is 1. The minimum atomic E-state index is 0.430. The lowest BCUT2D eigenvalue weighted by Gasteiger charge is -2.06. The summed E-state index contributed by atoms with van der Waals surface area (Å²) in [5.41, 5.74) is 4.80. The number of aromatic nitrogens is 1. The van der Waals surface area contributed by atoms with Gasteiger partial charge in [-0.3, -0.25) is 10.4 Å². The number of furan rings is 1. The van der Waals surface area contributed by atoms with Crippen LogP contribution in [0.2, 0.25) is 0 Å². The second kappa shape index (κ2) is 8.55. The topological polar surface area (TPSA) is 62.5 Å². The third-order valence-corrected chi connectivity index (χ3v) is 4.00. The van der Waals surface area contributed by atoms with Gasteiger partial charge in [0.1, 0.15) is 11.5 Å². The molecule has 0 unspecified atom stereocenters. The summed E-state index contributed by atoms with van der Waals surface area (Å²) in [5.74, 6) is 1.41. The highest BCUT2D eigenvalue weighted by atomic mass is 79.9. The van der Waals surface area contributed by atoms with Crippen LogP contribution in [0.3, 0.4) is 0 Å². The summed E-state index contributed by atoms with van der Waals surface area (Å²) in [7, 11) is 0. The molecule has 0 amide bonds. The van der Waals surface area contributed by atoms with Crippen molar-refractivity contribution in [3.8, 4) is 11.3 Å². The van der Waals surface area contributed by atoms with Crippen molar-refractivity contribution in [2.75, 3.05) is 0 Å². The number of rotatable bonds is 5. The number of halogens is 1. The molecular weight excluding hydrogens is 400 g/mol. The third kappa shape index (κ3) is 5.23. The molecule has 3 aromatic rings. The first-order chi connectivity index (χ1) is 12.2. The Balaban J connectivity index is 1.51. The predicted molar refractivity (Wildman–Crippen MR) is 106 cm³/mol. The summed E-state index contributed by atoms with van der Waals surface area (Å²) in [6, 6.07) is 15.5. The summed E-state index contributed by atoms with van der Waals surface area (Å²) in [6.45, 7) is 0.586. The molecule has 2 aromatic heterocycles. The fraction of sp³-hybridized carbons (Fsp3) is 0.0556. The maximum Gasteiger partial charge on any atom is 0.187 e. The Morgan fingerprint density at radius 3 is 2.96 bits per heavy atom. The fourth-order valence-corrected chi connectivity index (χ4v) is 2.62. The lowest BCUT2D eigenvalue weighted by Crippen LogP contribution is -2.31. The Morgan fingerprint density at radius 2 is 2.16 bits per heavy atom. The van der Waals surface area contributed by atoms with E-state index in [1.165, 1.54) is 0 Å². The van der Waals surface area contributed by atoms with Crippen LogP contribution in [0, 0.1) is 0 Å². The van der Waals surface area contributed by atoms with Gasteiger partial charge >= 0.3 is 0 Å². The molecule has 7 heteroatoms. The zero-order valence-electron chi connectivity index (χ0n) is 13.1. The summed E-state index contributed by atoms with van der Waals surface area (Å²) < 4.78 is 6.76. The van der Waals surface area contributed by atoms with Crippen molar-refractivity contribution in [3.05, 3.63) is 76.7 Å². The lowest BCUT2D eigenvalue weighted by atomic mass is 10.2. The van der Waals surface area contributed by atoms with E-state index in [1.54, 1.807) is 18.6 Å². The van der Waals surface area contributed by atoms with Crippen molar-refractivity contribution in [1.82, 2.24) is 15.7 Å². The molecule has 2 heterocycles. The molecule has 126 valence electrons. The largest absolute Gasteiger partial charge is 0.455 e. The number of hydrogen-bond acceptors (Lipinski definition) is 4. The molecule has 3 rings (SSSR count). The van der Waals surface area contributed by atoms with Crippen LogP contribution >= 0.6 is 28.1 Å². The summed E-state index contributed by atoms with van der Waals surface area (Å²) in [6.07, 6.45) is 5.10. The fourth-order valence-electron chi connectivity index (χ4n) is 2.10. The third-order valence-electron chi connectivity index (χ3n) is 3.27. The molecule has 0 saturated heterocycles. The van der Waals surface area contributed by atoms with Crippen molar-refractivity contribution in [3.63, 3.8) is 0 Å². The number of nitrogens with one attached hydrogen (secondary N) is 2. The van der Waals surface area contributed by atoms with E-state index in [2.05, 4.69) is 36.8 Å². The maximum atomic E-state index is 5.75. The van der Waals surface area contributed by atoms with Gasteiger partial charge in [-0.25, -0.2) is 0 Å². The van der Waals surface area contributed by atoms with Crippen molar-refractivity contribution in [2.24, 2.45) is 5.10 Å². The standard InChI is InChI=1S/C18H15BrN4OS/c19-15-5-1-4-14(9-15)17-7-6-16(24-17)12-22-23-18(25)21-11-13-3-2-8-20-10-13/h1-10,12H,11H2,(H2,21,23,25). The van der Waals surface area contributed by atoms with Crippen molar-refractivity contribution in [1.29, 1.82) is 0 Å². The van der Waals surface area contributed by atoms with Gasteiger partial charge in [0.15, 0.2) is 5.11 Å². The molecule has 0 aliphatic rings. The molecule has 1 aromatic carbocycles. The molecule has 2 N–H and O–H groups in total. The molecule has 0 spiro atoms. The van der Waals surface area contributed by atoms with Crippen LogP contribution in [0.15, 0.2) is 74.9 Å². The Morgan fingerprint density at radius 1 is 1.24 bits per heavy atom. The SMILES string of the molecule is S=C(NCc1cccnc1)NN=Cc1ccc(-c2cccc(Br)c2)o1. The first-order valence-electron chi connectivity index (χ1n) is 7.52. The molecular formula is C18H15BrN4OS. The van der Waals surface area contributed by atoms with Crippen LogP contribution in [0.25, 0.3) is 11.3 Å². The Kier molecular flexibility index (Phi) is 5.92. The van der Waals surface area contributed by atoms with Crippen LogP contribution in [0.1, 0.15) is 11.3 Å². The Labute approximate surface area is 159 Å². The lowest BCUT2D eigenvalue weighted by molar-refractivity contribution is 0.574. The van der Waals surface area contributed by atoms with Gasteiger partial charge in [0.05, 0.1) is 6.21 Å². The molecule has 0 bridgehead atoms. The number of pyridine rings is 1. The molecule has 25 heavy (non-hydrogen) atoms. The van der Waals surface area contributed by atoms with E-state index in [1.807, 2.05) is 48.5 Å². The predicted octanol–water partition coefficient (Wildman–Crippen LogP) is 4.10. The van der Waals surface area contributed by atoms with E-state index in [4.69, 9.17) is 16.6 Å². The van der Waals surface area contributed by atoms with Gasteiger partial charge in [-0.2, -0.15) is 5.10 Å². The quantitative estimate of drug-likeness (QED) is 0.373. The first kappa shape index (κ1) is 17.3. The van der Waals surface area contributed by atoms with Crippen molar-refractivity contribution >= 4 is 39.5 Å². The highest BCUT2D eigenvalue weighted by molar-refractivity contribution is 9.10. The van der Waals surface area contributed by atoms with Gasteiger partial charge < -0.3 is 9.73 Å². The maximum absolute atomic E-state index is 5.75. The van der Waals surface area contributed by atoms with Crippen LogP contribution in [-0.4, -0.2) is 16.3 Å². The van der Waals surface area contributed by atoms with Crippen molar-refractivity contribution in [2.45, 2.75) is 6.54 Å². The molecule has 0 aliphatic heterocycles. The van der Waals surface area contributed by atoms with E-state index in [0.717, 1.165) is 21.4 Å². The second-order valence-corrected chi connectivity index (χ2v) is 6.45. The van der Waals surface area contributed by atoms with E-state index >= 15 is 0 Å². The second-order valence-electron chi connectivity index (χ2n) is 5.13. The van der Waals surface area contributed by atoms with Gasteiger partial charge in [-0.05, 0) is 48.1 Å². The van der Waals surface area contributed by atoms with Crippen LogP contribution in [-0.2, 0) is 6.54 Å². The smallest absolute Gasteiger partial charge is 0.187 e. The van der Waals surface area contributed by atoms with Gasteiger partial charge in [-0.1, -0.05) is 34.1 Å². The summed E-state index contributed by atoms with van der Waals surface area (Å²) >= 11 is 8.62. The van der Waals surface area contributed by atoms with E-state index in [-0.39, 0.29) is 0 Å².